The second-order valence-electron chi connectivity index (χ2n) is 6.17. The van der Waals surface area contributed by atoms with E-state index in [0.717, 1.165) is 5.01 Å². The number of halogens is 1. The summed E-state index contributed by atoms with van der Waals surface area (Å²) in [5, 5.41) is 5.04. The molecule has 2 aromatic rings. The lowest BCUT2D eigenvalue weighted by Crippen LogP contribution is -2.29. The summed E-state index contributed by atoms with van der Waals surface area (Å²) in [5.74, 6) is 0.104. The Bertz CT molecular complexity index is 1030. The van der Waals surface area contributed by atoms with Gasteiger partial charge in [-0.05, 0) is 58.8 Å². The molecule has 7 heteroatoms. The first-order valence-corrected chi connectivity index (χ1v) is 9.58. The topological polar surface area (TPSA) is 68.2 Å². The first kappa shape index (κ1) is 20.5. The molecular weight excluding hydrogens is 436 g/mol. The van der Waals surface area contributed by atoms with Crippen LogP contribution in [0.25, 0.3) is 6.08 Å². The zero-order valence-corrected chi connectivity index (χ0v) is 17.6. The van der Waals surface area contributed by atoms with Gasteiger partial charge >= 0.3 is 0 Å². The number of amides is 2. The molecule has 1 aliphatic rings. The van der Waals surface area contributed by atoms with Crippen LogP contribution in [0, 0.1) is 0 Å². The Kier molecular flexibility index (Phi) is 6.29. The van der Waals surface area contributed by atoms with Crippen LogP contribution >= 0.6 is 15.9 Å². The Morgan fingerprint density at radius 3 is 2.66 bits per heavy atom. The molecule has 3 rings (SSSR count). The number of nitrogens with zero attached hydrogens (tertiary/aromatic N) is 2. The molecule has 0 N–H and O–H groups in total. The van der Waals surface area contributed by atoms with Crippen LogP contribution in [0.2, 0.25) is 0 Å². The third kappa shape index (κ3) is 4.30. The zero-order valence-electron chi connectivity index (χ0n) is 16.0. The van der Waals surface area contributed by atoms with Crippen LogP contribution in [0.3, 0.4) is 0 Å². The van der Waals surface area contributed by atoms with Crippen molar-refractivity contribution in [1.29, 1.82) is 0 Å². The second kappa shape index (κ2) is 8.87. The van der Waals surface area contributed by atoms with Crippen LogP contribution in [0.1, 0.15) is 22.8 Å². The predicted molar refractivity (Wildman–Crippen MR) is 115 cm³/mol. The van der Waals surface area contributed by atoms with Gasteiger partial charge in [0, 0.05) is 5.56 Å². The lowest BCUT2D eigenvalue weighted by atomic mass is 10.1. The van der Waals surface area contributed by atoms with Crippen LogP contribution in [-0.4, -0.2) is 36.3 Å². The smallest absolute Gasteiger partial charge is 0.283 e. The molecule has 29 heavy (non-hydrogen) atoms. The fraction of sp³-hybridized carbons (Fsp3) is 0.136. The second-order valence-corrected chi connectivity index (χ2v) is 7.02. The van der Waals surface area contributed by atoms with Gasteiger partial charge in [-0.15, -0.1) is 0 Å². The monoisotopic (exact) mass is 454 g/mol. The fourth-order valence-corrected chi connectivity index (χ4v) is 3.37. The highest BCUT2D eigenvalue weighted by atomic mass is 79.9. The largest absolute Gasteiger partial charge is 0.493 e. The van der Waals surface area contributed by atoms with E-state index in [1.54, 1.807) is 61.5 Å². The molecule has 0 saturated carbocycles. The average molecular weight is 455 g/mol. The number of ether oxygens (including phenoxy) is 2. The summed E-state index contributed by atoms with van der Waals surface area (Å²) in [6, 6.07) is 12.1. The number of hydrogen-bond donors (Lipinski definition) is 0. The van der Waals surface area contributed by atoms with Crippen LogP contribution in [-0.2, 0) is 4.79 Å². The highest BCUT2D eigenvalue weighted by molar-refractivity contribution is 9.10. The lowest BCUT2D eigenvalue weighted by Gasteiger charge is -2.13. The van der Waals surface area contributed by atoms with Crippen LogP contribution in [0.4, 0.5) is 0 Å². The van der Waals surface area contributed by atoms with Crippen molar-refractivity contribution in [2.75, 3.05) is 13.7 Å². The highest BCUT2D eigenvalue weighted by Crippen LogP contribution is 2.37. The summed E-state index contributed by atoms with van der Waals surface area (Å²) >= 11 is 3.47. The van der Waals surface area contributed by atoms with Gasteiger partial charge in [0.05, 0.1) is 22.9 Å². The molecule has 6 nitrogen and oxygen atoms in total. The number of carbonyl (C=O) groups is 2. The van der Waals surface area contributed by atoms with Crippen molar-refractivity contribution in [2.24, 2.45) is 5.10 Å². The number of rotatable bonds is 6. The highest BCUT2D eigenvalue weighted by Gasteiger charge is 2.33. The minimum absolute atomic E-state index is 0.330. The van der Waals surface area contributed by atoms with Gasteiger partial charge in [0.1, 0.15) is 6.61 Å². The maximum Gasteiger partial charge on any atom is 0.283 e. The Balaban J connectivity index is 1.92. The predicted octanol–water partition coefficient (Wildman–Crippen LogP) is 4.46. The van der Waals surface area contributed by atoms with Crippen LogP contribution in [0.15, 0.2) is 70.3 Å². The van der Waals surface area contributed by atoms with Gasteiger partial charge in [0.2, 0.25) is 0 Å². The summed E-state index contributed by atoms with van der Waals surface area (Å²) < 4.78 is 11.7. The van der Waals surface area contributed by atoms with Gasteiger partial charge in [-0.25, -0.2) is 0 Å². The van der Waals surface area contributed by atoms with Gasteiger partial charge in [0.15, 0.2) is 11.5 Å². The molecular formula is C22H19BrN2O4. The summed E-state index contributed by atoms with van der Waals surface area (Å²) in [7, 11) is 1.53. The number of hydrogen-bond acceptors (Lipinski definition) is 5. The number of methoxy groups -OCH3 is 1. The SMILES string of the molecule is C=CCOc1c(Br)cc(/C=C2/C(=O)N(C(=O)c3ccccc3)N=C2C)cc1OC. The van der Waals surface area contributed by atoms with Crippen molar-refractivity contribution >= 4 is 39.5 Å². The number of imide groups is 1. The molecule has 0 radical (unpaired) electrons. The third-order valence-electron chi connectivity index (χ3n) is 4.18. The Labute approximate surface area is 177 Å². The normalized spacial score (nSPS) is 14.7. The van der Waals surface area contributed by atoms with E-state index >= 15 is 0 Å². The van der Waals surface area contributed by atoms with Crippen molar-refractivity contribution < 1.29 is 19.1 Å². The standard InChI is InChI=1S/C22H19BrN2O4/c1-4-10-29-20-18(23)12-15(13-19(20)28-3)11-17-14(2)24-25(22(17)27)21(26)16-8-6-5-7-9-16/h4-9,11-13H,1,10H2,2-3H3/b17-11+. The van der Waals surface area contributed by atoms with Gasteiger partial charge in [0.25, 0.3) is 11.8 Å². The molecule has 0 atom stereocenters. The molecule has 0 bridgehead atoms. The molecule has 0 aliphatic carbocycles. The van der Waals surface area contributed by atoms with E-state index in [4.69, 9.17) is 9.47 Å². The average Bonchev–Trinajstić information content (AvgIpc) is 3.01. The maximum absolute atomic E-state index is 12.8. The Hall–Kier alpha value is -3.19. The van der Waals surface area contributed by atoms with E-state index in [-0.39, 0.29) is 0 Å². The van der Waals surface area contributed by atoms with Crippen molar-refractivity contribution in [2.45, 2.75) is 6.92 Å². The quantitative estimate of drug-likeness (QED) is 0.367. The molecule has 0 unspecified atom stereocenters. The number of benzene rings is 2. The molecule has 0 saturated heterocycles. The van der Waals surface area contributed by atoms with E-state index in [2.05, 4.69) is 27.6 Å². The number of hydrazone groups is 1. The molecule has 1 heterocycles. The van der Waals surface area contributed by atoms with E-state index < -0.39 is 11.8 Å². The molecule has 0 fully saturated rings. The van der Waals surface area contributed by atoms with Gasteiger partial charge in [-0.3, -0.25) is 9.59 Å². The van der Waals surface area contributed by atoms with E-state index in [0.29, 0.717) is 45.0 Å². The zero-order chi connectivity index (χ0) is 21.0. The van der Waals surface area contributed by atoms with Gasteiger partial charge in [-0.1, -0.05) is 30.9 Å². The van der Waals surface area contributed by atoms with E-state index in [1.165, 1.54) is 7.11 Å². The van der Waals surface area contributed by atoms with Crippen molar-refractivity contribution in [3.63, 3.8) is 0 Å². The minimum Gasteiger partial charge on any atom is -0.493 e. The molecule has 0 aromatic heterocycles. The fourth-order valence-electron chi connectivity index (χ4n) is 2.80. The van der Waals surface area contributed by atoms with Crippen molar-refractivity contribution in [1.82, 2.24) is 5.01 Å². The van der Waals surface area contributed by atoms with E-state index in [9.17, 15) is 9.59 Å². The lowest BCUT2D eigenvalue weighted by molar-refractivity contribution is -0.123. The van der Waals surface area contributed by atoms with Crippen molar-refractivity contribution in [3.05, 3.63) is 76.3 Å². The van der Waals surface area contributed by atoms with Crippen molar-refractivity contribution in [3.8, 4) is 11.5 Å². The summed E-state index contributed by atoms with van der Waals surface area (Å²) in [4.78, 5) is 25.4. The van der Waals surface area contributed by atoms with Crippen LogP contribution in [0.5, 0.6) is 11.5 Å². The first-order valence-electron chi connectivity index (χ1n) is 8.78. The Morgan fingerprint density at radius 2 is 2.00 bits per heavy atom. The molecule has 1 aliphatic heterocycles. The summed E-state index contributed by atoms with van der Waals surface area (Å²) in [6.07, 6.45) is 3.31. The summed E-state index contributed by atoms with van der Waals surface area (Å²) in [6.45, 7) is 5.65. The first-order chi connectivity index (χ1) is 14.0. The molecule has 2 aromatic carbocycles. The maximum atomic E-state index is 12.8. The molecule has 0 spiro atoms. The minimum atomic E-state index is -0.474. The van der Waals surface area contributed by atoms with E-state index in [1.807, 2.05) is 0 Å². The Morgan fingerprint density at radius 1 is 1.28 bits per heavy atom. The number of carbonyl (C=O) groups excluding carboxylic acids is 2. The molecule has 148 valence electrons. The molecule has 2 amide bonds. The van der Waals surface area contributed by atoms with Gasteiger partial charge in [-0.2, -0.15) is 10.1 Å². The third-order valence-corrected chi connectivity index (χ3v) is 4.77. The van der Waals surface area contributed by atoms with Crippen LogP contribution < -0.4 is 9.47 Å². The van der Waals surface area contributed by atoms with Gasteiger partial charge < -0.3 is 9.47 Å². The summed E-state index contributed by atoms with van der Waals surface area (Å²) in [5.41, 5.74) is 1.89.